The molecule has 0 spiro atoms. The lowest BCUT2D eigenvalue weighted by atomic mass is 9.96. The standard InChI is InChI=1S/C25H26FN5O/c26-23-3-1-2-18(12-23)4-7-25(32)30-10-8-19(9-11-30)17-31-24-6-5-20(13-21(24)16-29-31)22-14-27-28-15-22/h1-3,5-6,12-16,19H,4,7-11,17H2,(H,27,28). The van der Waals surface area contributed by atoms with E-state index in [0.717, 1.165) is 60.1 Å². The number of H-pyrrole nitrogens is 1. The molecule has 32 heavy (non-hydrogen) atoms. The van der Waals surface area contributed by atoms with Gasteiger partial charge < -0.3 is 4.90 Å². The van der Waals surface area contributed by atoms with Crippen LogP contribution >= 0.6 is 0 Å². The smallest absolute Gasteiger partial charge is 0.222 e. The number of aromatic nitrogens is 4. The number of aryl methyl sites for hydroxylation is 1. The average molecular weight is 432 g/mol. The van der Waals surface area contributed by atoms with Crippen molar-refractivity contribution in [3.05, 3.63) is 72.4 Å². The quantitative estimate of drug-likeness (QED) is 0.491. The van der Waals surface area contributed by atoms with Gasteiger partial charge in [-0.3, -0.25) is 14.6 Å². The third kappa shape index (κ3) is 4.42. The summed E-state index contributed by atoms with van der Waals surface area (Å²) in [6.45, 7) is 2.41. The third-order valence-electron chi connectivity index (χ3n) is 6.39. The molecule has 7 heteroatoms. The van der Waals surface area contributed by atoms with Crippen molar-refractivity contribution in [3.8, 4) is 11.1 Å². The first-order valence-electron chi connectivity index (χ1n) is 11.1. The van der Waals surface area contributed by atoms with E-state index in [0.29, 0.717) is 18.8 Å². The number of rotatable bonds is 6. The molecule has 1 aliphatic rings. The Morgan fingerprint density at radius 3 is 2.75 bits per heavy atom. The molecule has 1 aliphatic heterocycles. The van der Waals surface area contributed by atoms with Gasteiger partial charge in [-0.05, 0) is 60.6 Å². The van der Waals surface area contributed by atoms with Gasteiger partial charge in [-0.1, -0.05) is 18.2 Å². The van der Waals surface area contributed by atoms with E-state index < -0.39 is 0 Å². The summed E-state index contributed by atoms with van der Waals surface area (Å²) in [6.07, 6.45) is 8.58. The van der Waals surface area contributed by atoms with Crippen molar-refractivity contribution in [3.63, 3.8) is 0 Å². The highest BCUT2D eigenvalue weighted by molar-refractivity contribution is 5.84. The van der Waals surface area contributed by atoms with Crippen LogP contribution in [0.15, 0.2) is 61.1 Å². The fraction of sp³-hybridized carbons (Fsp3) is 0.320. The maximum Gasteiger partial charge on any atom is 0.222 e. The lowest BCUT2D eigenvalue weighted by Crippen LogP contribution is -2.39. The lowest BCUT2D eigenvalue weighted by Gasteiger charge is -2.32. The number of aromatic amines is 1. The van der Waals surface area contributed by atoms with E-state index in [1.54, 1.807) is 6.07 Å². The predicted molar refractivity (Wildman–Crippen MR) is 121 cm³/mol. The normalized spacial score (nSPS) is 14.8. The monoisotopic (exact) mass is 431 g/mol. The van der Waals surface area contributed by atoms with Crippen LogP contribution in [0.25, 0.3) is 22.0 Å². The number of carbonyl (C=O) groups excluding carboxylic acids is 1. The first-order chi connectivity index (χ1) is 15.7. The van der Waals surface area contributed by atoms with Gasteiger partial charge in [-0.2, -0.15) is 10.2 Å². The number of benzene rings is 2. The van der Waals surface area contributed by atoms with Crippen LogP contribution in [-0.4, -0.2) is 43.9 Å². The summed E-state index contributed by atoms with van der Waals surface area (Å²) in [5.74, 6) is 0.405. The Labute approximate surface area is 186 Å². The van der Waals surface area contributed by atoms with Gasteiger partial charge in [0, 0.05) is 43.2 Å². The molecular weight excluding hydrogens is 405 g/mol. The molecule has 3 heterocycles. The number of hydrogen-bond donors (Lipinski definition) is 1. The minimum Gasteiger partial charge on any atom is -0.343 e. The van der Waals surface area contributed by atoms with Crippen LogP contribution in [0, 0.1) is 11.7 Å². The number of likely N-dealkylation sites (tertiary alicyclic amines) is 1. The van der Waals surface area contributed by atoms with Crippen LogP contribution in [0.3, 0.4) is 0 Å². The van der Waals surface area contributed by atoms with Gasteiger partial charge in [0.2, 0.25) is 5.91 Å². The summed E-state index contributed by atoms with van der Waals surface area (Å²) in [4.78, 5) is 14.5. The zero-order valence-electron chi connectivity index (χ0n) is 17.9. The molecule has 0 saturated carbocycles. The van der Waals surface area contributed by atoms with Crippen molar-refractivity contribution in [1.82, 2.24) is 24.9 Å². The van der Waals surface area contributed by atoms with Crippen molar-refractivity contribution >= 4 is 16.8 Å². The topological polar surface area (TPSA) is 66.8 Å². The summed E-state index contributed by atoms with van der Waals surface area (Å²) in [7, 11) is 0. The van der Waals surface area contributed by atoms with Crippen molar-refractivity contribution in [2.75, 3.05) is 13.1 Å². The van der Waals surface area contributed by atoms with Crippen LogP contribution in [0.5, 0.6) is 0 Å². The Balaban J connectivity index is 1.15. The SMILES string of the molecule is O=C(CCc1cccc(F)c1)N1CCC(Cn2ncc3cc(-c4cn[nH]c4)ccc32)CC1. The van der Waals surface area contributed by atoms with Gasteiger partial charge in [0.1, 0.15) is 5.82 Å². The highest BCUT2D eigenvalue weighted by atomic mass is 19.1. The predicted octanol–water partition coefficient (Wildman–Crippen LogP) is 4.44. The molecule has 1 N–H and O–H groups in total. The number of carbonyl (C=O) groups is 1. The van der Waals surface area contributed by atoms with E-state index >= 15 is 0 Å². The molecule has 0 bridgehead atoms. The average Bonchev–Trinajstić information content (AvgIpc) is 3.48. The van der Waals surface area contributed by atoms with E-state index in [4.69, 9.17) is 0 Å². The first-order valence-corrected chi connectivity index (χ1v) is 11.1. The zero-order valence-corrected chi connectivity index (χ0v) is 17.9. The number of amides is 1. The minimum absolute atomic E-state index is 0.157. The van der Waals surface area contributed by atoms with Crippen LogP contribution in [0.1, 0.15) is 24.8 Å². The molecule has 164 valence electrons. The Kier molecular flexibility index (Phi) is 5.71. The second kappa shape index (κ2) is 8.94. The molecule has 0 atom stereocenters. The molecule has 1 saturated heterocycles. The number of fused-ring (bicyclic) bond motifs is 1. The van der Waals surface area contributed by atoms with Crippen molar-refractivity contribution in [2.24, 2.45) is 5.92 Å². The molecule has 0 radical (unpaired) electrons. The van der Waals surface area contributed by atoms with Crippen molar-refractivity contribution in [2.45, 2.75) is 32.2 Å². The number of piperidine rings is 1. The highest BCUT2D eigenvalue weighted by Gasteiger charge is 2.23. The summed E-state index contributed by atoms with van der Waals surface area (Å²) < 4.78 is 15.4. The van der Waals surface area contributed by atoms with Crippen LogP contribution < -0.4 is 0 Å². The van der Waals surface area contributed by atoms with Gasteiger partial charge in [-0.15, -0.1) is 0 Å². The first kappa shape index (κ1) is 20.4. The second-order valence-electron chi connectivity index (χ2n) is 8.54. The lowest BCUT2D eigenvalue weighted by molar-refractivity contribution is -0.132. The Morgan fingerprint density at radius 1 is 1.09 bits per heavy atom. The Hall–Kier alpha value is -3.48. The molecular formula is C25H26FN5O. The van der Waals surface area contributed by atoms with E-state index in [9.17, 15) is 9.18 Å². The number of hydrogen-bond acceptors (Lipinski definition) is 3. The Bertz CT molecular complexity index is 1210. The third-order valence-corrected chi connectivity index (χ3v) is 6.39. The van der Waals surface area contributed by atoms with Crippen LogP contribution in [-0.2, 0) is 17.8 Å². The molecule has 1 amide bonds. The van der Waals surface area contributed by atoms with Gasteiger partial charge in [-0.25, -0.2) is 4.39 Å². The molecule has 4 aromatic rings. The minimum atomic E-state index is -0.250. The summed E-state index contributed by atoms with van der Waals surface area (Å²) >= 11 is 0. The number of halogens is 1. The highest BCUT2D eigenvalue weighted by Crippen LogP contribution is 2.26. The largest absolute Gasteiger partial charge is 0.343 e. The molecule has 2 aromatic heterocycles. The fourth-order valence-electron chi connectivity index (χ4n) is 4.53. The second-order valence-corrected chi connectivity index (χ2v) is 8.54. The molecule has 5 rings (SSSR count). The summed E-state index contributed by atoms with van der Waals surface area (Å²) in [5, 5.41) is 12.6. The van der Waals surface area contributed by atoms with Crippen LogP contribution in [0.2, 0.25) is 0 Å². The van der Waals surface area contributed by atoms with E-state index in [1.165, 1.54) is 12.1 Å². The summed E-state index contributed by atoms with van der Waals surface area (Å²) in [6, 6.07) is 12.9. The van der Waals surface area contributed by atoms with Crippen molar-refractivity contribution < 1.29 is 9.18 Å². The van der Waals surface area contributed by atoms with Gasteiger partial charge in [0.25, 0.3) is 0 Å². The van der Waals surface area contributed by atoms with Crippen LogP contribution in [0.4, 0.5) is 4.39 Å². The van der Waals surface area contributed by atoms with E-state index in [2.05, 4.69) is 38.2 Å². The zero-order chi connectivity index (χ0) is 21.9. The fourth-order valence-corrected chi connectivity index (χ4v) is 4.53. The van der Waals surface area contributed by atoms with E-state index in [-0.39, 0.29) is 11.7 Å². The molecule has 0 unspecified atom stereocenters. The number of nitrogens with one attached hydrogen (secondary N) is 1. The van der Waals surface area contributed by atoms with Gasteiger partial charge in [0.15, 0.2) is 0 Å². The molecule has 6 nitrogen and oxygen atoms in total. The maximum atomic E-state index is 13.3. The molecule has 0 aliphatic carbocycles. The molecule has 2 aromatic carbocycles. The van der Waals surface area contributed by atoms with Gasteiger partial charge in [0.05, 0.1) is 17.9 Å². The molecule has 1 fully saturated rings. The summed E-state index contributed by atoms with van der Waals surface area (Å²) in [5.41, 5.74) is 4.19. The van der Waals surface area contributed by atoms with Crippen molar-refractivity contribution in [1.29, 1.82) is 0 Å². The Morgan fingerprint density at radius 2 is 1.97 bits per heavy atom. The van der Waals surface area contributed by atoms with E-state index in [1.807, 2.05) is 29.6 Å². The maximum absolute atomic E-state index is 13.3. The number of nitrogens with zero attached hydrogens (tertiary/aromatic N) is 4. The van der Waals surface area contributed by atoms with Gasteiger partial charge >= 0.3 is 0 Å².